The Hall–Kier alpha value is -2.20. The lowest BCUT2D eigenvalue weighted by atomic mass is 9.87. The molecular weight excluding hydrogens is 240 g/mol. The zero-order chi connectivity index (χ0) is 14.0. The highest BCUT2D eigenvalue weighted by Gasteiger charge is 2.37. The average molecular weight is 256 g/mol. The number of nitrogens with two attached hydrogens (primary N) is 2. The number of hydrogen-bond donors (Lipinski definition) is 2. The van der Waals surface area contributed by atoms with Gasteiger partial charge in [-0.3, -0.25) is 9.59 Å². The summed E-state index contributed by atoms with van der Waals surface area (Å²) in [5, 5.41) is 2.13. The predicted molar refractivity (Wildman–Crippen MR) is 74.4 cm³/mol. The molecule has 1 atom stereocenters. The molecule has 0 saturated heterocycles. The SMILES string of the molecule is CC(=O)C(N)(Cc1ccc2ccccc2c1)C(N)=O. The van der Waals surface area contributed by atoms with E-state index < -0.39 is 17.2 Å². The fraction of sp³-hybridized carbons (Fsp3) is 0.200. The normalized spacial score (nSPS) is 14.0. The van der Waals surface area contributed by atoms with E-state index in [1.807, 2.05) is 42.5 Å². The Morgan fingerprint density at radius 3 is 2.32 bits per heavy atom. The van der Waals surface area contributed by atoms with Gasteiger partial charge in [0.1, 0.15) is 0 Å². The van der Waals surface area contributed by atoms with Gasteiger partial charge in [0, 0.05) is 6.42 Å². The number of carbonyl (C=O) groups excluding carboxylic acids is 2. The molecule has 4 N–H and O–H groups in total. The molecule has 2 rings (SSSR count). The van der Waals surface area contributed by atoms with Crippen LogP contribution in [0.1, 0.15) is 12.5 Å². The molecule has 1 amide bonds. The first-order valence-corrected chi connectivity index (χ1v) is 6.01. The van der Waals surface area contributed by atoms with Crippen molar-refractivity contribution in [1.82, 2.24) is 0 Å². The molecule has 0 aliphatic heterocycles. The Morgan fingerprint density at radius 1 is 1.11 bits per heavy atom. The summed E-state index contributed by atoms with van der Waals surface area (Å²) in [5.41, 5.74) is 10.3. The Bertz CT molecular complexity index is 635. The topological polar surface area (TPSA) is 86.2 Å². The minimum atomic E-state index is -1.64. The van der Waals surface area contributed by atoms with E-state index in [2.05, 4.69) is 0 Å². The van der Waals surface area contributed by atoms with Crippen molar-refractivity contribution < 1.29 is 9.59 Å². The van der Waals surface area contributed by atoms with Gasteiger partial charge >= 0.3 is 0 Å². The third-order valence-corrected chi connectivity index (χ3v) is 3.36. The van der Waals surface area contributed by atoms with Crippen LogP contribution in [0.5, 0.6) is 0 Å². The lowest BCUT2D eigenvalue weighted by molar-refractivity contribution is -0.132. The highest BCUT2D eigenvalue weighted by atomic mass is 16.2. The fourth-order valence-electron chi connectivity index (χ4n) is 2.06. The van der Waals surface area contributed by atoms with E-state index in [-0.39, 0.29) is 6.42 Å². The van der Waals surface area contributed by atoms with Crippen molar-refractivity contribution >= 4 is 22.5 Å². The molecule has 0 aliphatic carbocycles. The third-order valence-electron chi connectivity index (χ3n) is 3.36. The molecule has 4 heteroatoms. The summed E-state index contributed by atoms with van der Waals surface area (Å²) in [6, 6.07) is 13.6. The monoisotopic (exact) mass is 256 g/mol. The zero-order valence-electron chi connectivity index (χ0n) is 10.7. The van der Waals surface area contributed by atoms with E-state index in [1.54, 1.807) is 0 Å². The van der Waals surface area contributed by atoms with Crippen LogP contribution in [0.3, 0.4) is 0 Å². The Kier molecular flexibility index (Phi) is 3.36. The minimum absolute atomic E-state index is 0.114. The van der Waals surface area contributed by atoms with Crippen LogP contribution in [-0.2, 0) is 16.0 Å². The van der Waals surface area contributed by atoms with Gasteiger partial charge in [-0.05, 0) is 23.3 Å². The molecule has 0 heterocycles. The van der Waals surface area contributed by atoms with Gasteiger partial charge in [0.15, 0.2) is 11.3 Å². The standard InChI is InChI=1S/C15H16N2O2/c1-10(18)15(17,14(16)19)9-11-6-7-12-4-2-3-5-13(12)8-11/h2-8H,9,17H2,1H3,(H2,16,19). The van der Waals surface area contributed by atoms with Crippen LogP contribution in [0.15, 0.2) is 42.5 Å². The second-order valence-corrected chi connectivity index (χ2v) is 4.75. The molecule has 1 unspecified atom stereocenters. The molecule has 0 spiro atoms. The number of benzene rings is 2. The van der Waals surface area contributed by atoms with E-state index in [0.717, 1.165) is 16.3 Å². The maximum atomic E-state index is 11.5. The van der Waals surface area contributed by atoms with Crippen LogP contribution in [0, 0.1) is 0 Å². The lowest BCUT2D eigenvalue weighted by Gasteiger charge is -2.22. The molecule has 0 saturated carbocycles. The number of Topliss-reactive ketones (excluding diaryl/α,β-unsaturated/α-hetero) is 1. The summed E-state index contributed by atoms with van der Waals surface area (Å²) in [5.74, 6) is -1.22. The number of fused-ring (bicyclic) bond motifs is 1. The van der Waals surface area contributed by atoms with Crippen LogP contribution in [-0.4, -0.2) is 17.2 Å². The Labute approximate surface area is 111 Å². The van der Waals surface area contributed by atoms with Gasteiger partial charge in [0.05, 0.1) is 0 Å². The molecular formula is C15H16N2O2. The summed E-state index contributed by atoms with van der Waals surface area (Å²) in [6.07, 6.45) is 0.114. The number of hydrogen-bond acceptors (Lipinski definition) is 3. The molecule has 0 radical (unpaired) electrons. The van der Waals surface area contributed by atoms with E-state index in [1.165, 1.54) is 6.92 Å². The van der Waals surface area contributed by atoms with Crippen LogP contribution in [0.25, 0.3) is 10.8 Å². The maximum Gasteiger partial charge on any atom is 0.245 e. The Balaban J connectivity index is 2.40. The predicted octanol–water partition coefficient (Wildman–Crippen LogP) is 1.15. The van der Waals surface area contributed by atoms with Gasteiger partial charge in [0.2, 0.25) is 5.91 Å². The number of amides is 1. The fourth-order valence-corrected chi connectivity index (χ4v) is 2.06. The molecule has 4 nitrogen and oxygen atoms in total. The summed E-state index contributed by atoms with van der Waals surface area (Å²) < 4.78 is 0. The summed E-state index contributed by atoms with van der Waals surface area (Å²) in [4.78, 5) is 23.0. The van der Waals surface area contributed by atoms with E-state index in [4.69, 9.17) is 11.5 Å². The van der Waals surface area contributed by atoms with Crippen molar-refractivity contribution in [2.75, 3.05) is 0 Å². The van der Waals surface area contributed by atoms with Gasteiger partial charge in [-0.2, -0.15) is 0 Å². The minimum Gasteiger partial charge on any atom is -0.368 e. The number of ketones is 1. The van der Waals surface area contributed by atoms with Gasteiger partial charge in [-0.15, -0.1) is 0 Å². The molecule has 2 aromatic rings. The average Bonchev–Trinajstić information content (AvgIpc) is 2.38. The van der Waals surface area contributed by atoms with Gasteiger partial charge < -0.3 is 11.5 Å². The summed E-state index contributed by atoms with van der Waals surface area (Å²) in [6.45, 7) is 1.28. The van der Waals surface area contributed by atoms with Crippen LogP contribution in [0.2, 0.25) is 0 Å². The van der Waals surface area contributed by atoms with Crippen LogP contribution in [0.4, 0.5) is 0 Å². The molecule has 98 valence electrons. The largest absolute Gasteiger partial charge is 0.368 e. The van der Waals surface area contributed by atoms with Crippen molar-refractivity contribution in [3.8, 4) is 0 Å². The van der Waals surface area contributed by atoms with Crippen molar-refractivity contribution in [1.29, 1.82) is 0 Å². The first kappa shape index (κ1) is 13.2. The molecule has 0 aliphatic rings. The van der Waals surface area contributed by atoms with E-state index in [0.29, 0.717) is 0 Å². The van der Waals surface area contributed by atoms with E-state index >= 15 is 0 Å². The molecule has 0 aromatic heterocycles. The maximum absolute atomic E-state index is 11.5. The van der Waals surface area contributed by atoms with Crippen LogP contribution >= 0.6 is 0 Å². The Morgan fingerprint density at radius 2 is 1.74 bits per heavy atom. The summed E-state index contributed by atoms with van der Waals surface area (Å²) >= 11 is 0. The third kappa shape index (κ3) is 2.48. The van der Waals surface area contributed by atoms with Crippen molar-refractivity contribution in [3.63, 3.8) is 0 Å². The number of primary amides is 1. The zero-order valence-corrected chi connectivity index (χ0v) is 10.7. The van der Waals surface area contributed by atoms with Crippen molar-refractivity contribution in [2.45, 2.75) is 18.9 Å². The van der Waals surface area contributed by atoms with Crippen molar-refractivity contribution in [3.05, 3.63) is 48.0 Å². The smallest absolute Gasteiger partial charge is 0.245 e. The van der Waals surface area contributed by atoms with Crippen molar-refractivity contribution in [2.24, 2.45) is 11.5 Å². The molecule has 2 aromatic carbocycles. The lowest BCUT2D eigenvalue weighted by Crippen LogP contribution is -2.58. The second kappa shape index (κ2) is 4.82. The first-order valence-electron chi connectivity index (χ1n) is 6.01. The molecule has 0 bridgehead atoms. The van der Waals surface area contributed by atoms with Crippen LogP contribution < -0.4 is 11.5 Å². The molecule has 0 fully saturated rings. The highest BCUT2D eigenvalue weighted by molar-refractivity contribution is 6.09. The number of carbonyl (C=O) groups is 2. The van der Waals surface area contributed by atoms with Gasteiger partial charge in [0.25, 0.3) is 0 Å². The molecule has 19 heavy (non-hydrogen) atoms. The quantitative estimate of drug-likeness (QED) is 0.805. The summed E-state index contributed by atoms with van der Waals surface area (Å²) in [7, 11) is 0. The second-order valence-electron chi connectivity index (χ2n) is 4.75. The van der Waals surface area contributed by atoms with Gasteiger partial charge in [-0.1, -0.05) is 42.5 Å². The number of rotatable bonds is 4. The highest BCUT2D eigenvalue weighted by Crippen LogP contribution is 2.19. The van der Waals surface area contributed by atoms with E-state index in [9.17, 15) is 9.59 Å². The first-order chi connectivity index (χ1) is 8.93. The van der Waals surface area contributed by atoms with Gasteiger partial charge in [-0.25, -0.2) is 0 Å².